The minimum absolute atomic E-state index is 0.106. The normalized spacial score (nSPS) is 15.7. The molecule has 0 aliphatic carbocycles. The highest BCUT2D eigenvalue weighted by Crippen LogP contribution is 2.39. The van der Waals surface area contributed by atoms with E-state index in [4.69, 9.17) is 4.74 Å². The quantitative estimate of drug-likeness (QED) is 0.244. The summed E-state index contributed by atoms with van der Waals surface area (Å²) in [7, 11) is 1.56. The van der Waals surface area contributed by atoms with Gasteiger partial charge in [-0.1, -0.05) is 6.07 Å². The molecule has 0 bridgehead atoms. The fourth-order valence-electron chi connectivity index (χ4n) is 5.08. The molecule has 1 atom stereocenters. The smallest absolute Gasteiger partial charge is 0.407 e. The zero-order chi connectivity index (χ0) is 28.6. The fourth-order valence-corrected chi connectivity index (χ4v) is 5.08. The fraction of sp³-hybridized carbons (Fsp3) is 0.357. The van der Waals surface area contributed by atoms with Crippen molar-refractivity contribution in [2.24, 2.45) is 0 Å². The Bertz CT molecular complexity index is 1620. The maximum Gasteiger partial charge on any atom is 0.407 e. The van der Waals surface area contributed by atoms with Gasteiger partial charge in [0.2, 0.25) is 0 Å². The number of aromatic nitrogens is 3. The average Bonchev–Trinajstić information content (AvgIpc) is 3.34. The second kappa shape index (κ2) is 10.4. The van der Waals surface area contributed by atoms with Gasteiger partial charge >= 0.3 is 11.8 Å². The van der Waals surface area contributed by atoms with E-state index in [2.05, 4.69) is 25.6 Å². The van der Waals surface area contributed by atoms with Crippen LogP contribution in [-0.4, -0.2) is 63.7 Å². The van der Waals surface area contributed by atoms with Gasteiger partial charge in [-0.25, -0.2) is 14.8 Å². The number of rotatable bonds is 5. The summed E-state index contributed by atoms with van der Waals surface area (Å²) in [5, 5.41) is 19.0. The molecule has 0 saturated carbocycles. The Balaban J connectivity index is 1.56. The summed E-state index contributed by atoms with van der Waals surface area (Å²) in [5.74, 6) is -0.248. The van der Waals surface area contributed by atoms with Crippen LogP contribution in [0.25, 0.3) is 33.1 Å². The topological polar surface area (TPSA) is 155 Å². The van der Waals surface area contributed by atoms with Gasteiger partial charge in [-0.15, -0.1) is 0 Å². The molecule has 1 aromatic carbocycles. The summed E-state index contributed by atoms with van der Waals surface area (Å²) < 4.78 is 5.42. The molecule has 3 aromatic heterocycles. The van der Waals surface area contributed by atoms with E-state index in [0.717, 1.165) is 29.4 Å². The molecule has 0 spiro atoms. The molecule has 1 saturated heterocycles. The molecular formula is C28H31N7O5. The number of hydrogen-bond acceptors (Lipinski definition) is 8. The van der Waals surface area contributed by atoms with Crippen molar-refractivity contribution in [3.63, 3.8) is 0 Å². The number of alkyl carbamates (subject to hydrolysis) is 1. The van der Waals surface area contributed by atoms with Crippen molar-refractivity contribution < 1.29 is 19.2 Å². The van der Waals surface area contributed by atoms with Crippen molar-refractivity contribution in [1.82, 2.24) is 25.6 Å². The monoisotopic (exact) mass is 545 g/mol. The van der Waals surface area contributed by atoms with Gasteiger partial charge in [-0.3, -0.25) is 14.9 Å². The largest absolute Gasteiger partial charge is 0.444 e. The molecule has 0 radical (unpaired) electrons. The first-order valence-corrected chi connectivity index (χ1v) is 13.1. The summed E-state index contributed by atoms with van der Waals surface area (Å²) in [5.41, 5.74) is 2.96. The molecule has 4 heterocycles. The lowest BCUT2D eigenvalue weighted by Crippen LogP contribution is -2.49. The highest BCUT2D eigenvalue weighted by molar-refractivity contribution is 6.04. The van der Waals surface area contributed by atoms with Gasteiger partial charge in [0, 0.05) is 54.9 Å². The number of amides is 2. The summed E-state index contributed by atoms with van der Waals surface area (Å²) in [6.45, 7) is 6.37. The molecule has 208 valence electrons. The average molecular weight is 546 g/mol. The number of nitro groups is 1. The van der Waals surface area contributed by atoms with E-state index >= 15 is 0 Å². The van der Waals surface area contributed by atoms with E-state index in [9.17, 15) is 19.7 Å². The van der Waals surface area contributed by atoms with Crippen LogP contribution in [0.15, 0.2) is 42.9 Å². The van der Waals surface area contributed by atoms with Crippen LogP contribution in [0.4, 0.5) is 16.2 Å². The number of nitrogens with one attached hydrogen (secondary N) is 3. The number of hydrogen-bond donors (Lipinski definition) is 3. The number of aromatic amines is 1. The first kappa shape index (κ1) is 26.9. The van der Waals surface area contributed by atoms with E-state index in [1.165, 1.54) is 12.4 Å². The second-order valence-electron chi connectivity index (χ2n) is 10.8. The predicted octanol–water partition coefficient (Wildman–Crippen LogP) is 4.54. The predicted molar refractivity (Wildman–Crippen MR) is 151 cm³/mol. The molecule has 1 aliphatic heterocycles. The Kier molecular flexibility index (Phi) is 7.01. The second-order valence-corrected chi connectivity index (χ2v) is 10.8. The maximum atomic E-state index is 12.4. The van der Waals surface area contributed by atoms with Crippen LogP contribution in [0.3, 0.4) is 0 Å². The van der Waals surface area contributed by atoms with Crippen LogP contribution < -0.4 is 15.5 Å². The Hall–Kier alpha value is -4.74. The first-order valence-electron chi connectivity index (χ1n) is 13.1. The summed E-state index contributed by atoms with van der Waals surface area (Å²) >= 11 is 0. The van der Waals surface area contributed by atoms with E-state index in [-0.39, 0.29) is 17.6 Å². The van der Waals surface area contributed by atoms with Crippen molar-refractivity contribution in [3.8, 4) is 11.1 Å². The highest BCUT2D eigenvalue weighted by atomic mass is 16.6. The van der Waals surface area contributed by atoms with Gasteiger partial charge in [-0.2, -0.15) is 0 Å². The lowest BCUT2D eigenvalue weighted by molar-refractivity contribution is -0.384. The molecule has 1 unspecified atom stereocenters. The third kappa shape index (κ3) is 5.37. The van der Waals surface area contributed by atoms with E-state index in [1.807, 2.05) is 23.1 Å². The van der Waals surface area contributed by atoms with Crippen molar-refractivity contribution in [3.05, 3.63) is 58.5 Å². The van der Waals surface area contributed by atoms with Crippen molar-refractivity contribution in [2.75, 3.05) is 25.0 Å². The van der Waals surface area contributed by atoms with Crippen LogP contribution in [0, 0.1) is 10.1 Å². The van der Waals surface area contributed by atoms with Gasteiger partial charge in [0.15, 0.2) is 0 Å². The molecule has 3 N–H and O–H groups in total. The maximum absolute atomic E-state index is 12.4. The van der Waals surface area contributed by atoms with E-state index in [0.29, 0.717) is 40.9 Å². The zero-order valence-corrected chi connectivity index (χ0v) is 22.8. The highest BCUT2D eigenvalue weighted by Gasteiger charge is 2.30. The zero-order valence-electron chi connectivity index (χ0n) is 22.8. The van der Waals surface area contributed by atoms with E-state index < -0.39 is 16.6 Å². The van der Waals surface area contributed by atoms with Crippen LogP contribution in [-0.2, 0) is 4.74 Å². The first-order chi connectivity index (χ1) is 19.0. The van der Waals surface area contributed by atoms with Crippen LogP contribution >= 0.6 is 0 Å². The third-order valence-corrected chi connectivity index (χ3v) is 6.81. The molecule has 5 rings (SSSR count). The lowest BCUT2D eigenvalue weighted by Gasteiger charge is -2.35. The Morgan fingerprint density at radius 3 is 2.70 bits per heavy atom. The standard InChI is InChI=1S/C28H31N7O5/c1-28(2,3)40-27(37)33-18-6-5-9-34(15-18)24-20-10-16(7-8-22(20)30-14-23(24)35(38)39)21-13-32-25-19(21)11-17(12-31-25)26(36)29-4/h7-8,10-14,18H,5-6,9,15H2,1-4H3,(H,29,36)(H,31,32)(H,33,37). The summed E-state index contributed by atoms with van der Waals surface area (Å²) in [4.78, 5) is 50.2. The third-order valence-electron chi connectivity index (χ3n) is 6.81. The number of fused-ring (bicyclic) bond motifs is 2. The number of benzene rings is 1. The summed E-state index contributed by atoms with van der Waals surface area (Å²) in [6.07, 6.45) is 5.54. The van der Waals surface area contributed by atoms with Crippen LogP contribution in [0.1, 0.15) is 44.0 Å². The number of H-pyrrole nitrogens is 1. The molecule has 12 heteroatoms. The molecule has 4 aromatic rings. The Labute approximate surface area is 230 Å². The Morgan fingerprint density at radius 1 is 1.18 bits per heavy atom. The van der Waals surface area contributed by atoms with Gasteiger partial charge in [0.05, 0.1) is 16.0 Å². The number of anilines is 1. The molecule has 1 aliphatic rings. The SMILES string of the molecule is CNC(=O)c1cnc2[nH]cc(-c3ccc4ncc([N+](=O)[O-])c(N5CCCC(NC(=O)OC(C)(C)C)C5)c4c3)c2c1. The molecular weight excluding hydrogens is 514 g/mol. The number of nitrogens with zero attached hydrogens (tertiary/aromatic N) is 4. The number of carbonyl (C=O) groups excluding carboxylic acids is 2. The number of ether oxygens (including phenoxy) is 1. The van der Waals surface area contributed by atoms with Crippen molar-refractivity contribution in [1.29, 1.82) is 0 Å². The van der Waals surface area contributed by atoms with Gasteiger partial charge in [-0.05, 0) is 57.4 Å². The molecule has 12 nitrogen and oxygen atoms in total. The molecule has 1 fully saturated rings. The van der Waals surface area contributed by atoms with Crippen molar-refractivity contribution in [2.45, 2.75) is 45.3 Å². The van der Waals surface area contributed by atoms with Crippen molar-refractivity contribution >= 4 is 45.3 Å². The number of carbonyl (C=O) groups is 2. The van der Waals surface area contributed by atoms with Crippen LogP contribution in [0.5, 0.6) is 0 Å². The summed E-state index contributed by atoms with van der Waals surface area (Å²) in [6, 6.07) is 7.13. The minimum Gasteiger partial charge on any atom is -0.444 e. The van der Waals surface area contributed by atoms with Crippen LogP contribution in [0.2, 0.25) is 0 Å². The Morgan fingerprint density at radius 2 is 1.98 bits per heavy atom. The number of piperidine rings is 1. The minimum atomic E-state index is -0.631. The molecule has 2 amide bonds. The van der Waals surface area contributed by atoms with Gasteiger partial charge < -0.3 is 25.3 Å². The van der Waals surface area contributed by atoms with Gasteiger partial charge in [0.1, 0.15) is 23.1 Å². The molecule has 40 heavy (non-hydrogen) atoms. The van der Waals surface area contributed by atoms with Gasteiger partial charge in [0.25, 0.3) is 5.91 Å². The number of pyridine rings is 2. The lowest BCUT2D eigenvalue weighted by atomic mass is 9.99. The van der Waals surface area contributed by atoms with E-state index in [1.54, 1.807) is 40.1 Å².